The van der Waals surface area contributed by atoms with Gasteiger partial charge >= 0.3 is 0 Å². The highest BCUT2D eigenvalue weighted by molar-refractivity contribution is 6.42. The number of anilines is 1. The fraction of sp³-hybridized carbons (Fsp3) is 0.0952. The van der Waals surface area contributed by atoms with Gasteiger partial charge in [0.25, 0.3) is 0 Å². The maximum absolute atomic E-state index is 6.82. The molecule has 3 aromatic carbocycles. The maximum Gasteiger partial charge on any atom is 0.172 e. The summed E-state index contributed by atoms with van der Waals surface area (Å²) >= 11 is 18.3. The van der Waals surface area contributed by atoms with Gasteiger partial charge in [0.2, 0.25) is 0 Å². The Morgan fingerprint density at radius 3 is 2.43 bits per heavy atom. The Labute approximate surface area is 178 Å². The minimum Gasteiger partial charge on any atom is -0.366 e. The average Bonchev–Trinajstić information content (AvgIpc) is 2.69. The fourth-order valence-electron chi connectivity index (χ4n) is 3.07. The predicted octanol–water partition coefficient (Wildman–Crippen LogP) is 5.70. The van der Waals surface area contributed by atoms with Gasteiger partial charge in [0.1, 0.15) is 5.84 Å². The Kier molecular flexibility index (Phi) is 5.21. The standard InChI is InChI=1S/C21H17Cl3N4/c22-15-8-5-13(6-9-15)12-26-20-21(25,14-7-10-16(23)17(24)11-14)28-19-4-2-1-3-18(19)27-20/h1-11,28H,12,25H2,(H,26,27). The van der Waals surface area contributed by atoms with Crippen LogP contribution in [0.5, 0.6) is 0 Å². The van der Waals surface area contributed by atoms with E-state index in [4.69, 9.17) is 45.5 Å². The van der Waals surface area contributed by atoms with Crippen LogP contribution in [0.2, 0.25) is 15.1 Å². The van der Waals surface area contributed by atoms with Gasteiger partial charge in [0.15, 0.2) is 5.66 Å². The molecule has 1 aliphatic heterocycles. The van der Waals surface area contributed by atoms with Crippen molar-refractivity contribution in [1.82, 2.24) is 5.32 Å². The number of hydrogen-bond donors (Lipinski definition) is 3. The minimum atomic E-state index is -1.09. The summed E-state index contributed by atoms with van der Waals surface area (Å²) in [6, 6.07) is 20.7. The van der Waals surface area contributed by atoms with Crippen LogP contribution in [-0.4, -0.2) is 5.84 Å². The third kappa shape index (κ3) is 3.69. The van der Waals surface area contributed by atoms with Gasteiger partial charge in [-0.1, -0.05) is 65.1 Å². The number of fused-ring (bicyclic) bond motifs is 1. The van der Waals surface area contributed by atoms with E-state index in [-0.39, 0.29) is 0 Å². The molecule has 142 valence electrons. The van der Waals surface area contributed by atoms with Crippen LogP contribution in [0, 0.1) is 0 Å². The zero-order valence-corrected chi connectivity index (χ0v) is 17.0. The Balaban J connectivity index is 1.72. The molecular weight excluding hydrogens is 415 g/mol. The lowest BCUT2D eigenvalue weighted by Crippen LogP contribution is -2.57. The van der Waals surface area contributed by atoms with Gasteiger partial charge in [-0.25, -0.2) is 4.99 Å². The van der Waals surface area contributed by atoms with Crippen molar-refractivity contribution < 1.29 is 0 Å². The Hall–Kier alpha value is -2.24. The summed E-state index contributed by atoms with van der Waals surface area (Å²) in [7, 11) is 0. The van der Waals surface area contributed by atoms with Gasteiger partial charge in [-0.3, -0.25) is 5.73 Å². The first kappa shape index (κ1) is 19.1. The molecule has 4 rings (SSSR count). The Bertz CT molecular complexity index is 1050. The fourth-order valence-corrected chi connectivity index (χ4v) is 3.50. The number of nitrogens with one attached hydrogen (secondary N) is 2. The van der Waals surface area contributed by atoms with Crippen LogP contribution in [0.3, 0.4) is 0 Å². The van der Waals surface area contributed by atoms with Gasteiger partial charge in [0.05, 0.1) is 21.4 Å². The number of rotatable bonds is 3. The number of amidine groups is 1. The molecule has 0 amide bonds. The molecule has 1 unspecified atom stereocenters. The first-order valence-electron chi connectivity index (χ1n) is 8.65. The second kappa shape index (κ2) is 7.64. The van der Waals surface area contributed by atoms with Crippen LogP contribution in [0.4, 0.5) is 11.4 Å². The zero-order chi connectivity index (χ0) is 19.7. The van der Waals surface area contributed by atoms with Crippen LogP contribution in [0.15, 0.2) is 71.7 Å². The molecule has 1 heterocycles. The van der Waals surface area contributed by atoms with E-state index in [1.54, 1.807) is 12.1 Å². The van der Waals surface area contributed by atoms with E-state index >= 15 is 0 Å². The van der Waals surface area contributed by atoms with Gasteiger partial charge in [-0.15, -0.1) is 0 Å². The van der Waals surface area contributed by atoms with Crippen LogP contribution < -0.4 is 16.4 Å². The van der Waals surface area contributed by atoms with Gasteiger partial charge < -0.3 is 10.6 Å². The van der Waals surface area contributed by atoms with E-state index in [0.29, 0.717) is 27.4 Å². The third-order valence-corrected chi connectivity index (χ3v) is 5.58. The van der Waals surface area contributed by atoms with Crippen molar-refractivity contribution in [2.45, 2.75) is 12.2 Å². The molecule has 0 fully saturated rings. The van der Waals surface area contributed by atoms with E-state index in [2.05, 4.69) is 10.6 Å². The number of aliphatic imine (C=N–C) groups is 1. The molecule has 0 saturated heterocycles. The lowest BCUT2D eigenvalue weighted by molar-refractivity contribution is 0.649. The molecule has 7 heteroatoms. The summed E-state index contributed by atoms with van der Waals surface area (Å²) < 4.78 is 0. The van der Waals surface area contributed by atoms with Crippen molar-refractivity contribution in [3.05, 3.63) is 92.9 Å². The zero-order valence-electron chi connectivity index (χ0n) is 14.7. The van der Waals surface area contributed by atoms with Gasteiger partial charge in [-0.2, -0.15) is 0 Å². The van der Waals surface area contributed by atoms with Crippen molar-refractivity contribution in [3.8, 4) is 0 Å². The number of hydrogen-bond acceptors (Lipinski definition) is 4. The second-order valence-electron chi connectivity index (χ2n) is 6.52. The van der Waals surface area contributed by atoms with E-state index < -0.39 is 5.66 Å². The number of para-hydroxylation sites is 2. The van der Waals surface area contributed by atoms with Crippen molar-refractivity contribution in [2.24, 2.45) is 10.7 Å². The van der Waals surface area contributed by atoms with Crippen molar-refractivity contribution in [1.29, 1.82) is 0 Å². The predicted molar refractivity (Wildman–Crippen MR) is 118 cm³/mol. The number of nitrogens with two attached hydrogens (primary N) is 1. The van der Waals surface area contributed by atoms with E-state index in [1.165, 1.54) is 0 Å². The molecule has 0 aliphatic carbocycles. The number of benzene rings is 3. The summed E-state index contributed by atoms with van der Waals surface area (Å²) in [5.74, 6) is 0.583. The van der Waals surface area contributed by atoms with Crippen LogP contribution >= 0.6 is 34.8 Å². The quantitative estimate of drug-likeness (QED) is 0.498. The summed E-state index contributed by atoms with van der Waals surface area (Å²) in [6.45, 7) is 0.542. The highest BCUT2D eigenvalue weighted by Crippen LogP contribution is 2.37. The van der Waals surface area contributed by atoms with Gasteiger partial charge in [-0.05, 0) is 42.0 Å². The smallest absolute Gasteiger partial charge is 0.172 e. The molecule has 4 N–H and O–H groups in total. The van der Waals surface area contributed by atoms with Gasteiger partial charge in [0, 0.05) is 17.1 Å². The highest BCUT2D eigenvalue weighted by Gasteiger charge is 2.37. The van der Waals surface area contributed by atoms with Crippen LogP contribution in [0.1, 0.15) is 11.1 Å². The summed E-state index contributed by atoms with van der Waals surface area (Å²) in [6.07, 6.45) is 0. The average molecular weight is 432 g/mol. The first-order chi connectivity index (χ1) is 13.5. The highest BCUT2D eigenvalue weighted by atomic mass is 35.5. The summed E-state index contributed by atoms with van der Waals surface area (Å²) in [5, 5.41) is 8.35. The molecule has 0 saturated carbocycles. The van der Waals surface area contributed by atoms with Crippen molar-refractivity contribution >= 4 is 52.0 Å². The van der Waals surface area contributed by atoms with Crippen LogP contribution in [-0.2, 0) is 12.2 Å². The first-order valence-corrected chi connectivity index (χ1v) is 9.78. The topological polar surface area (TPSA) is 62.4 Å². The molecule has 0 bridgehead atoms. The maximum atomic E-state index is 6.82. The van der Waals surface area contributed by atoms with Crippen LogP contribution in [0.25, 0.3) is 0 Å². The molecule has 1 atom stereocenters. The monoisotopic (exact) mass is 430 g/mol. The molecule has 0 radical (unpaired) electrons. The molecule has 3 aromatic rings. The molecule has 1 aliphatic rings. The van der Waals surface area contributed by atoms with E-state index in [9.17, 15) is 0 Å². The number of halogens is 3. The summed E-state index contributed by atoms with van der Waals surface area (Å²) in [4.78, 5) is 4.78. The third-order valence-electron chi connectivity index (χ3n) is 4.59. The lowest BCUT2D eigenvalue weighted by atomic mass is 9.96. The second-order valence-corrected chi connectivity index (χ2v) is 7.77. The van der Waals surface area contributed by atoms with Crippen molar-refractivity contribution in [3.63, 3.8) is 0 Å². The summed E-state index contributed by atoms with van der Waals surface area (Å²) in [5.41, 5.74) is 9.19. The largest absolute Gasteiger partial charge is 0.366 e. The minimum absolute atomic E-state index is 0.432. The Morgan fingerprint density at radius 1 is 0.929 bits per heavy atom. The van der Waals surface area contributed by atoms with E-state index in [1.807, 2.05) is 54.6 Å². The Morgan fingerprint density at radius 2 is 1.68 bits per heavy atom. The van der Waals surface area contributed by atoms with Crippen molar-refractivity contribution in [2.75, 3.05) is 5.32 Å². The molecule has 0 aromatic heterocycles. The SMILES string of the molecule is NC1(c2ccc(Cl)c(Cl)c2)Nc2ccccc2N=C1NCc1ccc(Cl)cc1. The molecule has 4 nitrogen and oxygen atoms in total. The van der Waals surface area contributed by atoms with E-state index in [0.717, 1.165) is 22.5 Å². The molecule has 28 heavy (non-hydrogen) atoms. The molecule has 0 spiro atoms. The lowest BCUT2D eigenvalue weighted by Gasteiger charge is -2.37. The number of nitrogens with zero attached hydrogens (tertiary/aromatic N) is 1. The molecular formula is C21H17Cl3N4. The normalized spacial score (nSPS) is 18.1.